The smallest absolute Gasteiger partial charge is 0.227 e. The Balaban J connectivity index is 1.48. The van der Waals surface area contributed by atoms with E-state index in [1.54, 1.807) is 13.4 Å². The summed E-state index contributed by atoms with van der Waals surface area (Å²) in [7, 11) is 1.66. The van der Waals surface area contributed by atoms with E-state index in [1.807, 2.05) is 60.3 Å². The molecule has 0 saturated carbocycles. The molecular formula is C26H25Cl2N5O. The summed E-state index contributed by atoms with van der Waals surface area (Å²) in [6, 6.07) is 11.5. The molecule has 0 spiro atoms. The van der Waals surface area contributed by atoms with Crippen LogP contribution in [0, 0.1) is 6.92 Å². The number of nitrogens with one attached hydrogen (secondary N) is 1. The first kappa shape index (κ1) is 22.7. The lowest BCUT2D eigenvalue weighted by Crippen LogP contribution is -2.09. The first-order valence-corrected chi connectivity index (χ1v) is 12.0. The number of fused-ring (bicyclic) bond motifs is 1. The van der Waals surface area contributed by atoms with Crippen LogP contribution in [-0.4, -0.2) is 26.6 Å². The predicted octanol–water partition coefficient (Wildman–Crippen LogP) is 6.89. The zero-order valence-electron chi connectivity index (χ0n) is 19.1. The van der Waals surface area contributed by atoms with Gasteiger partial charge < -0.3 is 14.6 Å². The SMILES string of the molecule is COc1cc(Nc2ncc3c(n2)C(c2cc(Cl)ccc2Cl)CCCC3)ccc1-n1cnc(C)c1. The van der Waals surface area contributed by atoms with E-state index in [-0.39, 0.29) is 5.92 Å². The minimum Gasteiger partial charge on any atom is -0.494 e. The van der Waals surface area contributed by atoms with Gasteiger partial charge in [-0.15, -0.1) is 0 Å². The Hall–Kier alpha value is -3.09. The molecule has 2 aromatic carbocycles. The van der Waals surface area contributed by atoms with Crippen LogP contribution in [0.4, 0.5) is 11.6 Å². The lowest BCUT2D eigenvalue weighted by molar-refractivity contribution is 0.413. The molecular weight excluding hydrogens is 469 g/mol. The van der Waals surface area contributed by atoms with Crippen molar-refractivity contribution in [3.63, 3.8) is 0 Å². The number of imidazole rings is 1. The number of hydrogen-bond donors (Lipinski definition) is 1. The summed E-state index contributed by atoms with van der Waals surface area (Å²) in [5, 5.41) is 4.74. The topological polar surface area (TPSA) is 64.9 Å². The highest BCUT2D eigenvalue weighted by Crippen LogP contribution is 2.39. The summed E-state index contributed by atoms with van der Waals surface area (Å²) >= 11 is 12.9. The lowest BCUT2D eigenvalue weighted by atomic mass is 9.90. The number of rotatable bonds is 5. The molecule has 0 bridgehead atoms. The average Bonchev–Trinajstić information content (AvgIpc) is 3.16. The number of aromatic nitrogens is 4. The van der Waals surface area contributed by atoms with Crippen LogP contribution in [-0.2, 0) is 6.42 Å². The number of benzene rings is 2. The van der Waals surface area contributed by atoms with Gasteiger partial charge in [0.05, 0.1) is 30.5 Å². The molecule has 174 valence electrons. The summed E-state index contributed by atoms with van der Waals surface area (Å²) < 4.78 is 7.58. The second-order valence-electron chi connectivity index (χ2n) is 8.50. The normalized spacial score (nSPS) is 15.5. The number of halogens is 2. The monoisotopic (exact) mass is 493 g/mol. The van der Waals surface area contributed by atoms with Crippen LogP contribution >= 0.6 is 23.2 Å². The molecule has 5 rings (SSSR count). The fourth-order valence-electron chi connectivity index (χ4n) is 4.51. The van der Waals surface area contributed by atoms with Crippen LogP contribution in [0.5, 0.6) is 5.75 Å². The summed E-state index contributed by atoms with van der Waals surface area (Å²) in [6.07, 6.45) is 9.79. The second kappa shape index (κ2) is 9.65. The van der Waals surface area contributed by atoms with Crippen LogP contribution in [0.2, 0.25) is 10.0 Å². The highest BCUT2D eigenvalue weighted by Gasteiger charge is 2.25. The van der Waals surface area contributed by atoms with E-state index in [0.29, 0.717) is 16.0 Å². The van der Waals surface area contributed by atoms with Crippen molar-refractivity contribution >= 4 is 34.8 Å². The largest absolute Gasteiger partial charge is 0.494 e. The standard InChI is InChI=1S/C26H25Cl2N5O/c1-16-14-33(15-30-16)23-10-8-19(12-24(23)34-2)31-26-29-13-17-5-3-4-6-20(25(17)32-26)21-11-18(27)7-9-22(21)28/h7-15,20H,3-6H2,1-2H3,(H,29,31,32). The van der Waals surface area contributed by atoms with Gasteiger partial charge in [0.1, 0.15) is 5.75 Å². The number of nitrogens with zero attached hydrogens (tertiary/aromatic N) is 4. The van der Waals surface area contributed by atoms with Crippen molar-refractivity contribution < 1.29 is 4.74 Å². The zero-order chi connectivity index (χ0) is 23.7. The Labute approximate surface area is 208 Å². The number of anilines is 2. The molecule has 0 fully saturated rings. The molecule has 0 amide bonds. The quantitative estimate of drug-likeness (QED) is 0.306. The third kappa shape index (κ3) is 4.61. The molecule has 4 aromatic rings. The molecule has 2 heterocycles. The van der Waals surface area contributed by atoms with Crippen LogP contribution < -0.4 is 10.1 Å². The molecule has 1 aliphatic carbocycles. The van der Waals surface area contributed by atoms with Crippen LogP contribution in [0.15, 0.2) is 55.1 Å². The molecule has 0 radical (unpaired) electrons. The minimum atomic E-state index is 0.0774. The maximum atomic E-state index is 6.58. The summed E-state index contributed by atoms with van der Waals surface area (Å²) in [5.41, 5.74) is 5.88. The highest BCUT2D eigenvalue weighted by atomic mass is 35.5. The van der Waals surface area contributed by atoms with Gasteiger partial charge in [0.15, 0.2) is 0 Å². The van der Waals surface area contributed by atoms with Crippen molar-refractivity contribution in [2.24, 2.45) is 0 Å². The van der Waals surface area contributed by atoms with Crippen molar-refractivity contribution in [2.75, 3.05) is 12.4 Å². The van der Waals surface area contributed by atoms with E-state index in [1.165, 1.54) is 0 Å². The molecule has 0 aliphatic heterocycles. The Bertz CT molecular complexity index is 1340. The molecule has 6 nitrogen and oxygen atoms in total. The maximum absolute atomic E-state index is 6.58. The van der Waals surface area contributed by atoms with Gasteiger partial charge in [-0.2, -0.15) is 0 Å². The van der Waals surface area contributed by atoms with Gasteiger partial charge in [-0.3, -0.25) is 0 Å². The first-order valence-electron chi connectivity index (χ1n) is 11.3. The van der Waals surface area contributed by atoms with Gasteiger partial charge >= 0.3 is 0 Å². The van der Waals surface area contributed by atoms with Crippen molar-refractivity contribution in [1.82, 2.24) is 19.5 Å². The van der Waals surface area contributed by atoms with Crippen LogP contribution in [0.3, 0.4) is 0 Å². The highest BCUT2D eigenvalue weighted by molar-refractivity contribution is 6.33. The Morgan fingerprint density at radius 1 is 1.09 bits per heavy atom. The van der Waals surface area contributed by atoms with Gasteiger partial charge in [-0.05, 0) is 67.6 Å². The van der Waals surface area contributed by atoms with Gasteiger partial charge in [0, 0.05) is 40.1 Å². The van der Waals surface area contributed by atoms with E-state index < -0.39 is 0 Å². The number of hydrogen-bond acceptors (Lipinski definition) is 5. The molecule has 1 atom stereocenters. The van der Waals surface area contributed by atoms with E-state index in [2.05, 4.69) is 15.3 Å². The number of methoxy groups -OCH3 is 1. The molecule has 34 heavy (non-hydrogen) atoms. The van der Waals surface area contributed by atoms with Crippen molar-refractivity contribution in [1.29, 1.82) is 0 Å². The maximum Gasteiger partial charge on any atom is 0.227 e. The first-order chi connectivity index (χ1) is 16.5. The molecule has 2 aromatic heterocycles. The third-order valence-electron chi connectivity index (χ3n) is 6.18. The Morgan fingerprint density at radius 2 is 1.97 bits per heavy atom. The molecule has 1 unspecified atom stereocenters. The van der Waals surface area contributed by atoms with Gasteiger partial charge in [-0.25, -0.2) is 15.0 Å². The Kier molecular flexibility index (Phi) is 6.44. The fourth-order valence-corrected chi connectivity index (χ4v) is 4.94. The lowest BCUT2D eigenvalue weighted by Gasteiger charge is -2.19. The second-order valence-corrected chi connectivity index (χ2v) is 9.35. The average molecular weight is 494 g/mol. The number of aryl methyl sites for hydroxylation is 2. The predicted molar refractivity (Wildman–Crippen MR) is 136 cm³/mol. The van der Waals surface area contributed by atoms with Crippen LogP contribution in [0.25, 0.3) is 5.69 Å². The van der Waals surface area contributed by atoms with E-state index in [0.717, 1.165) is 65.3 Å². The van der Waals surface area contributed by atoms with E-state index in [9.17, 15) is 0 Å². The molecule has 8 heteroatoms. The third-order valence-corrected chi connectivity index (χ3v) is 6.76. The van der Waals surface area contributed by atoms with Crippen molar-refractivity contribution in [3.8, 4) is 11.4 Å². The van der Waals surface area contributed by atoms with Crippen molar-refractivity contribution in [2.45, 2.75) is 38.5 Å². The van der Waals surface area contributed by atoms with Gasteiger partial charge in [-0.1, -0.05) is 29.6 Å². The number of ether oxygens (including phenoxy) is 1. The minimum absolute atomic E-state index is 0.0774. The van der Waals surface area contributed by atoms with E-state index in [4.69, 9.17) is 32.9 Å². The summed E-state index contributed by atoms with van der Waals surface area (Å²) in [5.74, 6) is 1.34. The fraction of sp³-hybridized carbons (Fsp3) is 0.269. The van der Waals surface area contributed by atoms with Crippen molar-refractivity contribution in [3.05, 3.63) is 87.7 Å². The molecule has 0 saturated heterocycles. The van der Waals surface area contributed by atoms with Crippen LogP contribution in [0.1, 0.15) is 47.7 Å². The van der Waals surface area contributed by atoms with E-state index >= 15 is 0 Å². The Morgan fingerprint density at radius 3 is 2.76 bits per heavy atom. The summed E-state index contributed by atoms with van der Waals surface area (Å²) in [4.78, 5) is 13.9. The molecule has 1 aliphatic rings. The molecule has 1 N–H and O–H groups in total. The zero-order valence-corrected chi connectivity index (χ0v) is 20.6. The van der Waals surface area contributed by atoms with Gasteiger partial charge in [0.2, 0.25) is 5.95 Å². The summed E-state index contributed by atoms with van der Waals surface area (Å²) in [6.45, 7) is 1.96. The van der Waals surface area contributed by atoms with Gasteiger partial charge in [0.25, 0.3) is 0 Å².